The van der Waals surface area contributed by atoms with Gasteiger partial charge in [0.15, 0.2) is 0 Å². The standard InChI is InChI=1S/C25H20O/c26-20-16-14-19(15-17-20)25(18-8-2-1-3-9-18)23-12-6-4-10-21(23)22-11-5-7-13-24(22)25/h1-10,12-17,22,26H,11H2. The number of allylic oxidation sites excluding steroid dienone is 4. The third-order valence-corrected chi connectivity index (χ3v) is 5.84. The van der Waals surface area contributed by atoms with Crippen molar-refractivity contribution in [2.24, 2.45) is 0 Å². The summed E-state index contributed by atoms with van der Waals surface area (Å²) in [4.78, 5) is 0. The molecule has 3 aromatic rings. The first-order valence-corrected chi connectivity index (χ1v) is 9.13. The number of rotatable bonds is 2. The number of hydrogen-bond donors (Lipinski definition) is 1. The number of phenolic OH excluding ortho intramolecular Hbond substituents is 1. The van der Waals surface area contributed by atoms with Gasteiger partial charge in [-0.15, -0.1) is 0 Å². The second kappa shape index (κ2) is 5.74. The summed E-state index contributed by atoms with van der Waals surface area (Å²) in [6, 6.07) is 27.3. The van der Waals surface area contributed by atoms with Gasteiger partial charge in [0.05, 0.1) is 5.41 Å². The van der Waals surface area contributed by atoms with Crippen LogP contribution in [0, 0.1) is 0 Å². The highest BCUT2D eigenvalue weighted by Gasteiger charge is 2.49. The molecule has 1 nitrogen and oxygen atoms in total. The molecule has 1 N–H and O–H groups in total. The van der Waals surface area contributed by atoms with Crippen LogP contribution in [-0.4, -0.2) is 5.11 Å². The van der Waals surface area contributed by atoms with Crippen LogP contribution in [0.1, 0.15) is 34.6 Å². The zero-order chi connectivity index (χ0) is 17.6. The molecule has 26 heavy (non-hydrogen) atoms. The van der Waals surface area contributed by atoms with Crippen molar-refractivity contribution in [1.29, 1.82) is 0 Å². The zero-order valence-electron chi connectivity index (χ0n) is 14.5. The van der Waals surface area contributed by atoms with Crippen LogP contribution in [-0.2, 0) is 5.41 Å². The second-order valence-corrected chi connectivity index (χ2v) is 7.09. The van der Waals surface area contributed by atoms with E-state index in [0.29, 0.717) is 11.7 Å². The van der Waals surface area contributed by atoms with Crippen LogP contribution in [0.4, 0.5) is 0 Å². The van der Waals surface area contributed by atoms with Crippen LogP contribution in [0.5, 0.6) is 5.75 Å². The monoisotopic (exact) mass is 336 g/mol. The molecule has 2 atom stereocenters. The van der Waals surface area contributed by atoms with Gasteiger partial charge in [-0.05, 0) is 46.4 Å². The molecule has 2 unspecified atom stereocenters. The topological polar surface area (TPSA) is 20.2 Å². The number of fused-ring (bicyclic) bond motifs is 3. The first kappa shape index (κ1) is 15.2. The van der Waals surface area contributed by atoms with Crippen LogP contribution >= 0.6 is 0 Å². The molecule has 5 rings (SSSR count). The van der Waals surface area contributed by atoms with Gasteiger partial charge >= 0.3 is 0 Å². The molecule has 0 spiro atoms. The molecule has 0 heterocycles. The van der Waals surface area contributed by atoms with Crippen molar-refractivity contribution in [2.75, 3.05) is 0 Å². The van der Waals surface area contributed by atoms with Crippen LogP contribution in [0.2, 0.25) is 0 Å². The summed E-state index contributed by atoms with van der Waals surface area (Å²) in [7, 11) is 0. The number of hydrogen-bond acceptors (Lipinski definition) is 1. The average Bonchev–Trinajstić information content (AvgIpc) is 3.01. The molecule has 2 aliphatic rings. The minimum atomic E-state index is -0.305. The van der Waals surface area contributed by atoms with E-state index in [9.17, 15) is 5.11 Å². The Balaban J connectivity index is 1.91. The molecule has 0 bridgehead atoms. The lowest BCUT2D eigenvalue weighted by Gasteiger charge is -2.35. The normalized spacial score (nSPS) is 23.2. The van der Waals surface area contributed by atoms with Gasteiger partial charge in [-0.2, -0.15) is 0 Å². The lowest BCUT2D eigenvalue weighted by molar-refractivity contribution is 0.474. The lowest BCUT2D eigenvalue weighted by Crippen LogP contribution is -2.29. The summed E-state index contributed by atoms with van der Waals surface area (Å²) >= 11 is 0. The molecule has 3 aromatic carbocycles. The largest absolute Gasteiger partial charge is 0.508 e. The van der Waals surface area contributed by atoms with E-state index >= 15 is 0 Å². The van der Waals surface area contributed by atoms with Crippen molar-refractivity contribution >= 4 is 0 Å². The highest BCUT2D eigenvalue weighted by Crippen LogP contribution is 2.59. The van der Waals surface area contributed by atoms with Crippen LogP contribution in [0.3, 0.4) is 0 Å². The number of aromatic hydroxyl groups is 1. The number of phenols is 1. The molecular formula is C25H20O. The van der Waals surface area contributed by atoms with Gasteiger partial charge in [0.25, 0.3) is 0 Å². The summed E-state index contributed by atoms with van der Waals surface area (Å²) in [5, 5.41) is 9.86. The molecular weight excluding hydrogens is 316 g/mol. The summed E-state index contributed by atoms with van der Waals surface area (Å²) in [6.07, 6.45) is 7.79. The van der Waals surface area contributed by atoms with Crippen molar-refractivity contribution in [1.82, 2.24) is 0 Å². The third-order valence-electron chi connectivity index (χ3n) is 5.84. The maximum absolute atomic E-state index is 9.86. The predicted octanol–water partition coefficient (Wildman–Crippen LogP) is 5.71. The Hall–Kier alpha value is -3.06. The third kappa shape index (κ3) is 1.97. The minimum absolute atomic E-state index is 0.303. The molecule has 0 amide bonds. The van der Waals surface area contributed by atoms with Crippen LogP contribution in [0.25, 0.3) is 0 Å². The molecule has 126 valence electrons. The molecule has 0 fully saturated rings. The van der Waals surface area contributed by atoms with E-state index in [-0.39, 0.29) is 5.41 Å². The molecule has 2 aliphatic carbocycles. The summed E-state index contributed by atoms with van der Waals surface area (Å²) in [5.74, 6) is 0.711. The van der Waals surface area contributed by atoms with Crippen molar-refractivity contribution in [3.05, 3.63) is 125 Å². The van der Waals surface area contributed by atoms with E-state index in [2.05, 4.69) is 85.0 Å². The van der Waals surface area contributed by atoms with Crippen molar-refractivity contribution in [3.63, 3.8) is 0 Å². The van der Waals surface area contributed by atoms with Gasteiger partial charge in [-0.1, -0.05) is 85.0 Å². The first-order valence-electron chi connectivity index (χ1n) is 9.13. The van der Waals surface area contributed by atoms with Gasteiger partial charge in [0, 0.05) is 5.92 Å². The highest BCUT2D eigenvalue weighted by molar-refractivity contribution is 5.69. The second-order valence-electron chi connectivity index (χ2n) is 7.09. The molecule has 0 saturated carbocycles. The van der Waals surface area contributed by atoms with Gasteiger partial charge in [0.2, 0.25) is 0 Å². The molecule has 0 aliphatic heterocycles. The Kier molecular flexibility index (Phi) is 3.36. The summed E-state index contributed by atoms with van der Waals surface area (Å²) in [5.41, 5.74) is 6.39. The van der Waals surface area contributed by atoms with E-state index < -0.39 is 0 Å². The lowest BCUT2D eigenvalue weighted by atomic mass is 9.66. The predicted molar refractivity (Wildman–Crippen MR) is 105 cm³/mol. The van der Waals surface area contributed by atoms with Crippen molar-refractivity contribution in [3.8, 4) is 5.75 Å². The van der Waals surface area contributed by atoms with E-state index in [4.69, 9.17) is 0 Å². The maximum Gasteiger partial charge on any atom is 0.115 e. The number of benzene rings is 3. The average molecular weight is 336 g/mol. The van der Waals surface area contributed by atoms with Crippen LogP contribution in [0.15, 0.2) is 103 Å². The van der Waals surface area contributed by atoms with Crippen molar-refractivity contribution in [2.45, 2.75) is 17.8 Å². The van der Waals surface area contributed by atoms with E-state index in [1.165, 1.54) is 27.8 Å². The fourth-order valence-electron chi connectivity index (χ4n) is 4.82. The van der Waals surface area contributed by atoms with Gasteiger partial charge < -0.3 is 5.11 Å². The summed E-state index contributed by atoms with van der Waals surface area (Å²) in [6.45, 7) is 0. The Morgan fingerprint density at radius 2 is 1.46 bits per heavy atom. The Bertz CT molecular complexity index is 1010. The van der Waals surface area contributed by atoms with Gasteiger partial charge in [-0.3, -0.25) is 0 Å². The Morgan fingerprint density at radius 3 is 2.27 bits per heavy atom. The van der Waals surface area contributed by atoms with Gasteiger partial charge in [0.1, 0.15) is 5.75 Å². The van der Waals surface area contributed by atoms with E-state index in [1.807, 2.05) is 0 Å². The van der Waals surface area contributed by atoms with Crippen LogP contribution < -0.4 is 0 Å². The smallest absolute Gasteiger partial charge is 0.115 e. The summed E-state index contributed by atoms with van der Waals surface area (Å²) < 4.78 is 0. The molecule has 0 saturated heterocycles. The molecule has 1 heteroatoms. The minimum Gasteiger partial charge on any atom is -0.508 e. The fourth-order valence-corrected chi connectivity index (χ4v) is 4.82. The fraction of sp³-hybridized carbons (Fsp3) is 0.120. The Morgan fingerprint density at radius 1 is 0.769 bits per heavy atom. The SMILES string of the molecule is Oc1ccc(C2(c3ccccc3)C3=CC=CCC3c3ccccc32)cc1. The Labute approximate surface area is 154 Å². The van der Waals surface area contributed by atoms with Crippen molar-refractivity contribution < 1.29 is 5.11 Å². The van der Waals surface area contributed by atoms with E-state index in [1.54, 1.807) is 12.1 Å². The maximum atomic E-state index is 9.86. The molecule has 0 aromatic heterocycles. The van der Waals surface area contributed by atoms with E-state index in [0.717, 1.165) is 6.42 Å². The van der Waals surface area contributed by atoms with Gasteiger partial charge in [-0.25, -0.2) is 0 Å². The highest BCUT2D eigenvalue weighted by atomic mass is 16.3. The first-order chi connectivity index (χ1) is 12.8. The molecule has 0 radical (unpaired) electrons. The quantitative estimate of drug-likeness (QED) is 0.635. The zero-order valence-corrected chi connectivity index (χ0v) is 14.5.